The van der Waals surface area contributed by atoms with Gasteiger partial charge in [0.25, 0.3) is 0 Å². The number of hydrogen-bond acceptors (Lipinski definition) is 2. The van der Waals surface area contributed by atoms with Crippen molar-refractivity contribution in [3.05, 3.63) is 0 Å². The number of nitrogens with one attached hydrogen (secondary N) is 1. The Bertz CT molecular complexity index is 106. The lowest BCUT2D eigenvalue weighted by Crippen LogP contribution is -2.29. The maximum Gasteiger partial charge on any atom is 0.0906 e. The molecule has 0 bridgehead atoms. The molecule has 0 radical (unpaired) electrons. The van der Waals surface area contributed by atoms with Gasteiger partial charge in [-0.1, -0.05) is 0 Å². The summed E-state index contributed by atoms with van der Waals surface area (Å²) < 4.78 is 11.6. The van der Waals surface area contributed by atoms with Crippen molar-refractivity contribution in [3.63, 3.8) is 0 Å². The maximum absolute atomic E-state index is 11.6. The highest BCUT2D eigenvalue weighted by Crippen LogP contribution is 2.32. The first-order chi connectivity index (χ1) is 5.34. The average Bonchev–Trinajstić information content (AvgIpc) is 2.79. The first-order valence-electron chi connectivity index (χ1n) is 4.29. The summed E-state index contributed by atoms with van der Waals surface area (Å²) in [6.45, 7) is 1.04. The molecule has 0 spiro atoms. The summed E-state index contributed by atoms with van der Waals surface area (Å²) in [6, 6.07) is 0. The van der Waals surface area contributed by atoms with E-state index in [1.807, 2.05) is 0 Å². The van der Waals surface area contributed by atoms with E-state index < -0.39 is 0 Å². The molecule has 3 heteroatoms. The van der Waals surface area contributed by atoms with E-state index in [2.05, 4.69) is 5.32 Å². The van der Waals surface area contributed by atoms with Crippen LogP contribution in [0.25, 0.3) is 0 Å². The van der Waals surface area contributed by atoms with Crippen LogP contribution in [-0.4, -0.2) is 31.0 Å². The van der Waals surface area contributed by atoms with Gasteiger partial charge < -0.3 is 10.4 Å². The van der Waals surface area contributed by atoms with E-state index in [1.54, 1.807) is 0 Å². The SMILES string of the molecule is OC(CNCCCF)C1CC1. The Morgan fingerprint density at radius 3 is 2.82 bits per heavy atom. The van der Waals surface area contributed by atoms with E-state index in [1.165, 1.54) is 0 Å². The second kappa shape index (κ2) is 4.67. The Balaban J connectivity index is 1.85. The molecule has 2 nitrogen and oxygen atoms in total. The van der Waals surface area contributed by atoms with Crippen molar-refractivity contribution in [2.24, 2.45) is 5.92 Å². The van der Waals surface area contributed by atoms with Crippen molar-refractivity contribution in [2.45, 2.75) is 25.4 Å². The van der Waals surface area contributed by atoms with E-state index >= 15 is 0 Å². The number of halogens is 1. The van der Waals surface area contributed by atoms with Crippen LogP contribution in [0.4, 0.5) is 4.39 Å². The fourth-order valence-corrected chi connectivity index (χ4v) is 1.09. The first-order valence-corrected chi connectivity index (χ1v) is 4.29. The van der Waals surface area contributed by atoms with Crippen LogP contribution in [0.15, 0.2) is 0 Å². The first kappa shape index (κ1) is 8.94. The molecule has 1 atom stereocenters. The average molecular weight is 161 g/mol. The van der Waals surface area contributed by atoms with Crippen molar-refractivity contribution in [1.29, 1.82) is 0 Å². The van der Waals surface area contributed by atoms with Crippen LogP contribution in [-0.2, 0) is 0 Å². The number of aliphatic hydroxyl groups excluding tert-OH is 1. The summed E-state index contributed by atoms with van der Waals surface area (Å²) in [5.41, 5.74) is 0. The van der Waals surface area contributed by atoms with Crippen molar-refractivity contribution < 1.29 is 9.50 Å². The Labute approximate surface area is 66.8 Å². The van der Waals surface area contributed by atoms with Crippen molar-refractivity contribution in [3.8, 4) is 0 Å². The second-order valence-electron chi connectivity index (χ2n) is 3.15. The molecule has 0 heterocycles. The van der Waals surface area contributed by atoms with Gasteiger partial charge in [-0.05, 0) is 31.7 Å². The molecule has 1 fully saturated rings. The molecule has 2 N–H and O–H groups in total. The summed E-state index contributed by atoms with van der Waals surface area (Å²) in [6.07, 6.45) is 2.67. The molecule has 0 aromatic heterocycles. The molecule has 0 aromatic carbocycles. The van der Waals surface area contributed by atoms with Crippen LogP contribution < -0.4 is 5.32 Å². The van der Waals surface area contributed by atoms with Gasteiger partial charge in [-0.25, -0.2) is 0 Å². The third-order valence-electron chi connectivity index (χ3n) is 2.01. The number of alkyl halides is 1. The van der Waals surface area contributed by atoms with E-state index in [9.17, 15) is 9.50 Å². The van der Waals surface area contributed by atoms with Gasteiger partial charge in [-0.15, -0.1) is 0 Å². The predicted octanol–water partition coefficient (Wildman–Crippen LogP) is 0.706. The Hall–Kier alpha value is -0.150. The van der Waals surface area contributed by atoms with Gasteiger partial charge in [0.15, 0.2) is 0 Å². The van der Waals surface area contributed by atoms with Crippen LogP contribution >= 0.6 is 0 Å². The van der Waals surface area contributed by atoms with Gasteiger partial charge in [0.05, 0.1) is 12.8 Å². The smallest absolute Gasteiger partial charge is 0.0906 e. The molecular weight excluding hydrogens is 145 g/mol. The van der Waals surface area contributed by atoms with Crippen LogP contribution in [0, 0.1) is 5.92 Å². The summed E-state index contributed by atoms with van der Waals surface area (Å²) in [4.78, 5) is 0. The van der Waals surface area contributed by atoms with Crippen LogP contribution in [0.3, 0.4) is 0 Å². The molecular formula is C8H16FNO. The lowest BCUT2D eigenvalue weighted by Gasteiger charge is -2.09. The molecule has 0 aliphatic heterocycles. The fraction of sp³-hybridized carbons (Fsp3) is 1.00. The maximum atomic E-state index is 11.6. The lowest BCUT2D eigenvalue weighted by molar-refractivity contribution is 0.148. The molecule has 1 aliphatic carbocycles. The molecule has 1 unspecified atom stereocenters. The summed E-state index contributed by atoms with van der Waals surface area (Å²) in [7, 11) is 0. The predicted molar refractivity (Wildman–Crippen MR) is 42.2 cm³/mol. The molecule has 66 valence electrons. The lowest BCUT2D eigenvalue weighted by atomic mass is 10.2. The molecule has 1 saturated carbocycles. The molecule has 11 heavy (non-hydrogen) atoms. The van der Waals surface area contributed by atoms with Crippen molar-refractivity contribution in [1.82, 2.24) is 5.32 Å². The zero-order chi connectivity index (χ0) is 8.10. The Morgan fingerprint density at radius 2 is 2.27 bits per heavy atom. The normalized spacial score (nSPS) is 20.2. The molecule has 0 aromatic rings. The zero-order valence-corrected chi connectivity index (χ0v) is 6.72. The van der Waals surface area contributed by atoms with Gasteiger partial charge in [0, 0.05) is 6.54 Å². The third kappa shape index (κ3) is 3.68. The number of hydrogen-bond donors (Lipinski definition) is 2. The van der Waals surface area contributed by atoms with Crippen LogP contribution in [0.2, 0.25) is 0 Å². The minimum absolute atomic E-state index is 0.199. The minimum Gasteiger partial charge on any atom is -0.392 e. The highest BCUT2D eigenvalue weighted by Gasteiger charge is 2.28. The summed E-state index contributed by atoms with van der Waals surface area (Å²) in [5, 5.41) is 12.3. The van der Waals surface area contributed by atoms with Gasteiger partial charge in [-0.2, -0.15) is 0 Å². The van der Waals surface area contributed by atoms with E-state index in [0.717, 1.165) is 12.8 Å². The Morgan fingerprint density at radius 1 is 1.55 bits per heavy atom. The third-order valence-corrected chi connectivity index (χ3v) is 2.01. The van der Waals surface area contributed by atoms with E-state index in [4.69, 9.17) is 0 Å². The van der Waals surface area contributed by atoms with E-state index in [0.29, 0.717) is 25.4 Å². The standard InChI is InChI=1S/C8H16FNO/c9-4-1-5-10-6-8(11)7-2-3-7/h7-8,10-11H,1-6H2. The van der Waals surface area contributed by atoms with Gasteiger partial charge >= 0.3 is 0 Å². The van der Waals surface area contributed by atoms with Gasteiger partial charge in [0.2, 0.25) is 0 Å². The van der Waals surface area contributed by atoms with Gasteiger partial charge in [0.1, 0.15) is 0 Å². The number of rotatable bonds is 6. The van der Waals surface area contributed by atoms with Gasteiger partial charge in [-0.3, -0.25) is 4.39 Å². The summed E-state index contributed by atoms with van der Waals surface area (Å²) >= 11 is 0. The largest absolute Gasteiger partial charge is 0.392 e. The van der Waals surface area contributed by atoms with Crippen molar-refractivity contribution in [2.75, 3.05) is 19.8 Å². The second-order valence-corrected chi connectivity index (χ2v) is 3.15. The molecule has 0 saturated heterocycles. The fourth-order valence-electron chi connectivity index (χ4n) is 1.09. The molecule has 0 amide bonds. The Kier molecular flexibility index (Phi) is 3.80. The topological polar surface area (TPSA) is 32.3 Å². The van der Waals surface area contributed by atoms with Crippen LogP contribution in [0.1, 0.15) is 19.3 Å². The quantitative estimate of drug-likeness (QED) is 0.562. The number of aliphatic hydroxyl groups is 1. The molecule has 1 aliphatic rings. The van der Waals surface area contributed by atoms with Crippen LogP contribution in [0.5, 0.6) is 0 Å². The summed E-state index contributed by atoms with van der Waals surface area (Å²) in [5.74, 6) is 0.521. The highest BCUT2D eigenvalue weighted by atomic mass is 19.1. The monoisotopic (exact) mass is 161 g/mol. The molecule has 1 rings (SSSR count). The van der Waals surface area contributed by atoms with E-state index in [-0.39, 0.29) is 12.8 Å². The minimum atomic E-state index is -0.271. The van der Waals surface area contributed by atoms with Crippen molar-refractivity contribution >= 4 is 0 Å². The zero-order valence-electron chi connectivity index (χ0n) is 6.72. The highest BCUT2D eigenvalue weighted by molar-refractivity contribution is 4.81.